The van der Waals surface area contributed by atoms with Gasteiger partial charge in [-0.05, 0) is 36.3 Å². The van der Waals surface area contributed by atoms with Gasteiger partial charge in [-0.2, -0.15) is 0 Å². The number of methoxy groups -OCH3 is 1. The molecule has 0 bridgehead atoms. The van der Waals surface area contributed by atoms with Crippen molar-refractivity contribution in [2.75, 3.05) is 7.11 Å². The van der Waals surface area contributed by atoms with Crippen molar-refractivity contribution >= 4 is 29.2 Å². The molecule has 1 aliphatic rings. The van der Waals surface area contributed by atoms with Crippen molar-refractivity contribution in [2.45, 2.75) is 13.0 Å². The Morgan fingerprint density at radius 2 is 1.59 bits per heavy atom. The quantitative estimate of drug-likeness (QED) is 0.250. The van der Waals surface area contributed by atoms with Gasteiger partial charge in [-0.25, -0.2) is 0 Å². The van der Waals surface area contributed by atoms with Crippen LogP contribution in [0, 0.1) is 0 Å². The lowest BCUT2D eigenvalue weighted by Crippen LogP contribution is -2.03. The Bertz CT molecular complexity index is 1220. The maximum atomic E-state index is 12.8. The van der Waals surface area contributed by atoms with E-state index in [-0.39, 0.29) is 23.7 Å². The summed E-state index contributed by atoms with van der Waals surface area (Å²) >= 11 is 6.25. The zero-order valence-electron chi connectivity index (χ0n) is 17.6. The number of benzene rings is 3. The number of ether oxygens (including phenoxy) is 2. The van der Waals surface area contributed by atoms with Crippen molar-refractivity contribution in [3.8, 4) is 11.5 Å². The highest BCUT2D eigenvalue weighted by atomic mass is 35.5. The molecule has 32 heavy (non-hydrogen) atoms. The molecular formula is C27H21ClO4. The third-order valence-electron chi connectivity index (χ3n) is 5.28. The van der Waals surface area contributed by atoms with Crippen LogP contribution in [-0.2, 0) is 13.0 Å². The fourth-order valence-corrected chi connectivity index (χ4v) is 3.92. The van der Waals surface area contributed by atoms with Crippen LogP contribution < -0.4 is 9.47 Å². The minimum absolute atomic E-state index is 0.141. The Hall–Kier alpha value is -3.63. The first-order chi connectivity index (χ1) is 15.5. The van der Waals surface area contributed by atoms with Crippen LogP contribution in [0.15, 0.2) is 78.9 Å². The molecular weight excluding hydrogens is 424 g/mol. The molecule has 4 rings (SSSR count). The first-order valence-corrected chi connectivity index (χ1v) is 10.5. The van der Waals surface area contributed by atoms with Gasteiger partial charge in [-0.3, -0.25) is 9.59 Å². The molecule has 160 valence electrons. The molecule has 0 heterocycles. The molecule has 1 aliphatic carbocycles. The number of ketones is 2. The smallest absolute Gasteiger partial charge is 0.197 e. The molecule has 0 spiro atoms. The molecule has 0 amide bonds. The third kappa shape index (κ3) is 4.10. The maximum Gasteiger partial charge on any atom is 0.197 e. The molecule has 5 heteroatoms. The summed E-state index contributed by atoms with van der Waals surface area (Å²) in [6, 6.07) is 18.0. The summed E-state index contributed by atoms with van der Waals surface area (Å²) in [6.07, 6.45) is 3.89. The summed E-state index contributed by atoms with van der Waals surface area (Å²) in [6.45, 7) is 4.10. The van der Waals surface area contributed by atoms with Crippen LogP contribution in [0.1, 0.15) is 37.4 Å². The number of Topliss-reactive ketones (excluding diaryl/α,β-unsaturated/α-hetero) is 2. The highest BCUT2D eigenvalue weighted by Crippen LogP contribution is 2.36. The highest BCUT2D eigenvalue weighted by molar-refractivity contribution is 6.41. The predicted molar refractivity (Wildman–Crippen MR) is 126 cm³/mol. The number of carbonyl (C=O) groups excluding carboxylic acids is 2. The first kappa shape index (κ1) is 21.6. The van der Waals surface area contributed by atoms with Gasteiger partial charge in [0.2, 0.25) is 0 Å². The Morgan fingerprint density at radius 1 is 0.938 bits per heavy atom. The fourth-order valence-electron chi connectivity index (χ4n) is 3.73. The number of rotatable bonds is 7. The lowest BCUT2D eigenvalue weighted by molar-refractivity contribution is 0.0990. The summed E-state index contributed by atoms with van der Waals surface area (Å²) in [4.78, 5) is 25.5. The van der Waals surface area contributed by atoms with E-state index >= 15 is 0 Å². The topological polar surface area (TPSA) is 52.6 Å². The predicted octanol–water partition coefficient (Wildman–Crippen LogP) is 6.12. The zero-order chi connectivity index (χ0) is 22.7. The van der Waals surface area contributed by atoms with E-state index in [1.165, 1.54) is 0 Å². The fraction of sp³-hybridized carbons (Fsp3) is 0.111. The van der Waals surface area contributed by atoms with Gasteiger partial charge in [0.05, 0.1) is 12.7 Å². The summed E-state index contributed by atoms with van der Waals surface area (Å²) < 4.78 is 11.7. The molecule has 0 fully saturated rings. The Kier molecular flexibility index (Phi) is 6.24. The molecule has 0 aromatic heterocycles. The van der Waals surface area contributed by atoms with Gasteiger partial charge in [0.15, 0.2) is 23.1 Å². The Labute approximate surface area is 191 Å². The van der Waals surface area contributed by atoms with E-state index in [0.29, 0.717) is 39.6 Å². The van der Waals surface area contributed by atoms with Gasteiger partial charge < -0.3 is 9.47 Å². The molecule has 3 aromatic rings. The van der Waals surface area contributed by atoms with Crippen molar-refractivity contribution in [1.29, 1.82) is 0 Å². The number of allylic oxidation sites excluding steroid dienone is 2. The summed E-state index contributed by atoms with van der Waals surface area (Å²) in [5.74, 6) is 0.531. The normalized spacial score (nSPS) is 12.5. The molecule has 0 saturated carbocycles. The summed E-state index contributed by atoms with van der Waals surface area (Å²) in [5.41, 5.74) is 3.36. The van der Waals surface area contributed by atoms with Crippen LogP contribution in [-0.4, -0.2) is 18.7 Å². The van der Waals surface area contributed by atoms with Crippen molar-refractivity contribution in [2.24, 2.45) is 0 Å². The largest absolute Gasteiger partial charge is 0.493 e. The summed E-state index contributed by atoms with van der Waals surface area (Å²) in [7, 11) is 1.55. The third-order valence-corrected chi connectivity index (χ3v) is 5.65. The number of carbonyl (C=O) groups is 2. The van der Waals surface area contributed by atoms with Gasteiger partial charge in [0.1, 0.15) is 6.61 Å². The number of hydrogen-bond donors (Lipinski definition) is 0. The Balaban J connectivity index is 1.71. The molecule has 0 radical (unpaired) electrons. The van der Waals surface area contributed by atoms with E-state index < -0.39 is 0 Å². The van der Waals surface area contributed by atoms with Gasteiger partial charge >= 0.3 is 0 Å². The van der Waals surface area contributed by atoms with Crippen molar-refractivity contribution < 1.29 is 19.1 Å². The second-order valence-corrected chi connectivity index (χ2v) is 7.75. The zero-order valence-corrected chi connectivity index (χ0v) is 18.3. The summed E-state index contributed by atoms with van der Waals surface area (Å²) in [5, 5.41) is 0.621. The molecule has 0 N–H and O–H groups in total. The number of hydrogen-bond acceptors (Lipinski definition) is 4. The number of fused-ring (bicyclic) bond motifs is 1. The van der Waals surface area contributed by atoms with Gasteiger partial charge in [-0.15, -0.1) is 6.58 Å². The van der Waals surface area contributed by atoms with E-state index in [2.05, 4.69) is 6.58 Å². The van der Waals surface area contributed by atoms with Crippen molar-refractivity contribution in [1.82, 2.24) is 0 Å². The second-order valence-electron chi connectivity index (χ2n) is 7.35. The molecule has 0 saturated heterocycles. The van der Waals surface area contributed by atoms with Gasteiger partial charge in [0, 0.05) is 27.3 Å². The average Bonchev–Trinajstić information content (AvgIpc) is 3.04. The highest BCUT2D eigenvalue weighted by Gasteiger charge is 2.32. The molecule has 0 atom stereocenters. The molecule has 3 aromatic carbocycles. The Morgan fingerprint density at radius 3 is 2.22 bits per heavy atom. The average molecular weight is 445 g/mol. The first-order valence-electron chi connectivity index (χ1n) is 10.1. The van der Waals surface area contributed by atoms with E-state index in [1.54, 1.807) is 49.6 Å². The van der Waals surface area contributed by atoms with Crippen LogP contribution in [0.2, 0.25) is 5.02 Å². The SMILES string of the molecule is C=CCc1cc(C=C2C(=O)c3ccccc3C2=O)cc(OC)c1OCc1ccccc1Cl. The second kappa shape index (κ2) is 9.25. The van der Waals surface area contributed by atoms with E-state index in [9.17, 15) is 9.59 Å². The van der Waals surface area contributed by atoms with E-state index in [4.69, 9.17) is 21.1 Å². The van der Waals surface area contributed by atoms with E-state index in [0.717, 1.165) is 11.1 Å². The lowest BCUT2D eigenvalue weighted by atomic mass is 10.0. The van der Waals surface area contributed by atoms with Crippen molar-refractivity contribution in [3.05, 3.63) is 112 Å². The van der Waals surface area contributed by atoms with Crippen LogP contribution in [0.25, 0.3) is 6.08 Å². The number of halogens is 1. The van der Waals surface area contributed by atoms with Crippen molar-refractivity contribution in [3.63, 3.8) is 0 Å². The standard InChI is InChI=1S/C27H21ClO4/c1-3-8-18-13-17(14-22-25(29)20-10-5-6-11-21(20)26(22)30)15-24(31-2)27(18)32-16-19-9-4-7-12-23(19)28/h3-7,9-15H,1,8,16H2,2H3. The molecule has 0 aliphatic heterocycles. The van der Waals surface area contributed by atoms with Crippen LogP contribution in [0.3, 0.4) is 0 Å². The van der Waals surface area contributed by atoms with Gasteiger partial charge in [0.25, 0.3) is 0 Å². The van der Waals surface area contributed by atoms with E-state index in [1.807, 2.05) is 30.3 Å². The van der Waals surface area contributed by atoms with Gasteiger partial charge in [-0.1, -0.05) is 60.1 Å². The van der Waals surface area contributed by atoms with Crippen LogP contribution >= 0.6 is 11.6 Å². The minimum atomic E-state index is -0.270. The van der Waals surface area contributed by atoms with Crippen LogP contribution in [0.4, 0.5) is 0 Å². The van der Waals surface area contributed by atoms with Crippen LogP contribution in [0.5, 0.6) is 11.5 Å². The maximum absolute atomic E-state index is 12.8. The molecule has 4 nitrogen and oxygen atoms in total. The monoisotopic (exact) mass is 444 g/mol. The molecule has 0 unspecified atom stereocenters. The lowest BCUT2D eigenvalue weighted by Gasteiger charge is -2.16. The minimum Gasteiger partial charge on any atom is -0.493 e.